The summed E-state index contributed by atoms with van der Waals surface area (Å²) in [7, 11) is 0. The van der Waals surface area contributed by atoms with Crippen LogP contribution in [0.1, 0.15) is 16.8 Å². The molecule has 4 rings (SSSR count). The number of pyridine rings is 1. The first kappa shape index (κ1) is 21.6. The molecule has 0 unspecified atom stereocenters. The molecule has 0 radical (unpaired) electrons. The van der Waals surface area contributed by atoms with Crippen LogP contribution in [-0.4, -0.2) is 23.5 Å². The number of aromatic nitrogens is 1. The molecule has 9 heteroatoms. The van der Waals surface area contributed by atoms with Crippen molar-refractivity contribution in [2.75, 3.05) is 16.3 Å². The molecule has 3 amide bonds. The van der Waals surface area contributed by atoms with Gasteiger partial charge in [0, 0.05) is 22.8 Å². The highest BCUT2D eigenvalue weighted by Gasteiger charge is 2.34. The Kier molecular flexibility index (Phi) is 5.96. The average molecular weight is 455 g/mol. The standard InChI is InChI=1S/C23H20ClFN4O3/c1-14-7-8-15(32-13-19-18(25)5-3-9-27-19)10-21(14)28-11-16-17(24)4-2-6-20(16)29(23(28)31)12-22(26)30/h2-10H,11-13H2,1H3,(H2,26,30). The van der Waals surface area contributed by atoms with Crippen LogP contribution in [-0.2, 0) is 17.9 Å². The fourth-order valence-corrected chi connectivity index (χ4v) is 3.80. The van der Waals surface area contributed by atoms with Crippen molar-refractivity contribution in [3.05, 3.63) is 82.4 Å². The third kappa shape index (κ3) is 4.22. The number of aryl methyl sites for hydroxylation is 1. The number of carbonyl (C=O) groups is 2. The molecule has 0 saturated heterocycles. The number of hydrogen-bond acceptors (Lipinski definition) is 4. The van der Waals surface area contributed by atoms with E-state index >= 15 is 0 Å². The van der Waals surface area contributed by atoms with Crippen LogP contribution in [0.15, 0.2) is 54.7 Å². The van der Waals surface area contributed by atoms with E-state index in [-0.39, 0.29) is 25.4 Å². The SMILES string of the molecule is Cc1ccc(OCc2ncccc2F)cc1N1Cc2c(Cl)cccc2N(CC(N)=O)C1=O. The van der Waals surface area contributed by atoms with Crippen molar-refractivity contribution in [2.24, 2.45) is 5.73 Å². The largest absolute Gasteiger partial charge is 0.487 e. The third-order valence-electron chi connectivity index (χ3n) is 5.16. The molecule has 0 bridgehead atoms. The zero-order valence-electron chi connectivity index (χ0n) is 17.2. The summed E-state index contributed by atoms with van der Waals surface area (Å²) in [6.07, 6.45) is 1.49. The van der Waals surface area contributed by atoms with Crippen molar-refractivity contribution < 1.29 is 18.7 Å². The highest BCUT2D eigenvalue weighted by molar-refractivity contribution is 6.32. The maximum atomic E-state index is 13.9. The van der Waals surface area contributed by atoms with E-state index in [0.29, 0.717) is 27.7 Å². The van der Waals surface area contributed by atoms with Crippen molar-refractivity contribution in [1.29, 1.82) is 0 Å². The van der Waals surface area contributed by atoms with Crippen molar-refractivity contribution in [3.63, 3.8) is 0 Å². The molecule has 164 valence electrons. The zero-order valence-corrected chi connectivity index (χ0v) is 18.0. The fourth-order valence-electron chi connectivity index (χ4n) is 3.57. The number of carbonyl (C=O) groups excluding carboxylic acids is 2. The Morgan fingerprint density at radius 1 is 1.22 bits per heavy atom. The van der Waals surface area contributed by atoms with E-state index in [1.54, 1.807) is 36.4 Å². The molecule has 0 aliphatic carbocycles. The molecule has 2 N–H and O–H groups in total. The second kappa shape index (κ2) is 8.84. The Labute approximate surface area is 189 Å². The number of nitrogens with two attached hydrogens (primary N) is 1. The molecule has 0 spiro atoms. The Morgan fingerprint density at radius 3 is 2.78 bits per heavy atom. The first-order valence-corrected chi connectivity index (χ1v) is 10.2. The van der Waals surface area contributed by atoms with Crippen LogP contribution in [0.4, 0.5) is 20.6 Å². The topological polar surface area (TPSA) is 88.8 Å². The second-order valence-corrected chi connectivity index (χ2v) is 7.73. The summed E-state index contributed by atoms with van der Waals surface area (Å²) in [5, 5.41) is 0.477. The molecule has 0 fully saturated rings. The Bertz CT molecular complexity index is 1200. The van der Waals surface area contributed by atoms with Gasteiger partial charge in [-0.05, 0) is 42.8 Å². The fraction of sp³-hybridized carbons (Fsp3) is 0.174. The first-order chi connectivity index (χ1) is 15.3. The van der Waals surface area contributed by atoms with Gasteiger partial charge in [0.15, 0.2) is 0 Å². The summed E-state index contributed by atoms with van der Waals surface area (Å²) >= 11 is 6.40. The summed E-state index contributed by atoms with van der Waals surface area (Å²) in [4.78, 5) is 31.8. The molecule has 1 aromatic heterocycles. The molecule has 2 heterocycles. The predicted molar refractivity (Wildman–Crippen MR) is 119 cm³/mol. The lowest BCUT2D eigenvalue weighted by Crippen LogP contribution is -2.50. The number of amides is 3. The highest BCUT2D eigenvalue weighted by Crippen LogP contribution is 2.37. The van der Waals surface area contributed by atoms with Gasteiger partial charge in [-0.15, -0.1) is 0 Å². The Morgan fingerprint density at radius 2 is 2.03 bits per heavy atom. The quantitative estimate of drug-likeness (QED) is 0.604. The summed E-state index contributed by atoms with van der Waals surface area (Å²) in [6.45, 7) is 1.72. The number of halogens is 2. The van der Waals surface area contributed by atoms with Crippen LogP contribution in [0, 0.1) is 12.7 Å². The summed E-state index contributed by atoms with van der Waals surface area (Å²) < 4.78 is 19.6. The number of hydrogen-bond donors (Lipinski definition) is 1. The van der Waals surface area contributed by atoms with Crippen LogP contribution < -0.4 is 20.3 Å². The van der Waals surface area contributed by atoms with E-state index < -0.39 is 17.8 Å². The monoisotopic (exact) mass is 454 g/mol. The van der Waals surface area contributed by atoms with Crippen molar-refractivity contribution in [1.82, 2.24) is 4.98 Å². The van der Waals surface area contributed by atoms with Gasteiger partial charge in [-0.3, -0.25) is 19.6 Å². The van der Waals surface area contributed by atoms with E-state index in [1.165, 1.54) is 28.1 Å². The number of anilines is 2. The molecule has 2 aromatic carbocycles. The van der Waals surface area contributed by atoms with E-state index in [1.807, 2.05) is 6.92 Å². The minimum absolute atomic E-state index is 0.0639. The van der Waals surface area contributed by atoms with Gasteiger partial charge >= 0.3 is 6.03 Å². The van der Waals surface area contributed by atoms with Gasteiger partial charge in [0.1, 0.15) is 30.4 Å². The predicted octanol–water partition coefficient (Wildman–Crippen LogP) is 4.19. The number of nitrogens with zero attached hydrogens (tertiary/aromatic N) is 3. The minimum atomic E-state index is -0.641. The number of primary amides is 1. The lowest BCUT2D eigenvalue weighted by Gasteiger charge is -2.37. The van der Waals surface area contributed by atoms with Crippen LogP contribution >= 0.6 is 11.6 Å². The van der Waals surface area contributed by atoms with Gasteiger partial charge in [-0.1, -0.05) is 23.7 Å². The van der Waals surface area contributed by atoms with Crippen molar-refractivity contribution in [2.45, 2.75) is 20.1 Å². The maximum Gasteiger partial charge on any atom is 0.329 e. The number of rotatable bonds is 6. The van der Waals surface area contributed by atoms with E-state index in [9.17, 15) is 14.0 Å². The minimum Gasteiger partial charge on any atom is -0.487 e. The van der Waals surface area contributed by atoms with Crippen molar-refractivity contribution >= 4 is 34.9 Å². The summed E-state index contributed by atoms with van der Waals surface area (Å²) in [5.41, 5.74) is 8.20. The molecule has 7 nitrogen and oxygen atoms in total. The second-order valence-electron chi connectivity index (χ2n) is 7.33. The van der Waals surface area contributed by atoms with Crippen LogP contribution in [0.5, 0.6) is 5.75 Å². The molecular weight excluding hydrogens is 435 g/mol. The van der Waals surface area contributed by atoms with Gasteiger partial charge in [-0.25, -0.2) is 9.18 Å². The molecule has 1 aliphatic heterocycles. The van der Waals surface area contributed by atoms with Gasteiger partial charge in [0.2, 0.25) is 5.91 Å². The highest BCUT2D eigenvalue weighted by atomic mass is 35.5. The third-order valence-corrected chi connectivity index (χ3v) is 5.51. The zero-order chi connectivity index (χ0) is 22.8. The van der Waals surface area contributed by atoms with Crippen molar-refractivity contribution in [3.8, 4) is 5.75 Å². The van der Waals surface area contributed by atoms with Crippen LogP contribution in [0.2, 0.25) is 5.02 Å². The number of ether oxygens (including phenoxy) is 1. The Hall–Kier alpha value is -3.65. The molecule has 3 aromatic rings. The van der Waals surface area contributed by atoms with E-state index in [4.69, 9.17) is 22.1 Å². The average Bonchev–Trinajstić information content (AvgIpc) is 2.76. The normalized spacial score (nSPS) is 13.2. The van der Waals surface area contributed by atoms with Gasteiger partial charge < -0.3 is 10.5 Å². The smallest absolute Gasteiger partial charge is 0.329 e. The molecule has 0 atom stereocenters. The molecule has 1 aliphatic rings. The summed E-state index contributed by atoms with van der Waals surface area (Å²) in [5.74, 6) is -0.661. The maximum absolute atomic E-state index is 13.9. The van der Waals surface area contributed by atoms with Crippen LogP contribution in [0.3, 0.4) is 0 Å². The van der Waals surface area contributed by atoms with Gasteiger partial charge in [0.05, 0.1) is 17.9 Å². The van der Waals surface area contributed by atoms with E-state index in [2.05, 4.69) is 4.98 Å². The van der Waals surface area contributed by atoms with Gasteiger partial charge in [-0.2, -0.15) is 0 Å². The van der Waals surface area contributed by atoms with E-state index in [0.717, 1.165) is 5.56 Å². The summed E-state index contributed by atoms with van der Waals surface area (Å²) in [6, 6.07) is 12.8. The lowest BCUT2D eigenvalue weighted by molar-refractivity contribution is -0.116. The lowest BCUT2D eigenvalue weighted by atomic mass is 10.1. The molecular formula is C23H20ClFN4O3. The number of benzene rings is 2. The molecule has 0 saturated carbocycles. The first-order valence-electron chi connectivity index (χ1n) is 9.82. The Balaban J connectivity index is 1.67. The van der Waals surface area contributed by atoms with Crippen LogP contribution in [0.25, 0.3) is 0 Å². The van der Waals surface area contributed by atoms with Gasteiger partial charge in [0.25, 0.3) is 0 Å². The number of urea groups is 1. The number of fused-ring (bicyclic) bond motifs is 1. The molecule has 32 heavy (non-hydrogen) atoms.